The number of nitrogens with one attached hydrogen (secondary N) is 1. The minimum Gasteiger partial charge on any atom is -0.354 e. The zero-order chi connectivity index (χ0) is 15.0. The van der Waals surface area contributed by atoms with Gasteiger partial charge in [-0.2, -0.15) is 13.2 Å². The van der Waals surface area contributed by atoms with Crippen LogP contribution in [0.5, 0.6) is 0 Å². The number of rotatable bonds is 1. The molecule has 0 fully saturated rings. The predicted octanol–water partition coefficient (Wildman–Crippen LogP) is 4.21. The zero-order valence-electron chi connectivity index (χ0n) is 10.7. The van der Waals surface area contributed by atoms with Crippen LogP contribution in [0.3, 0.4) is 0 Å². The maximum absolute atomic E-state index is 13.1. The van der Waals surface area contributed by atoms with Gasteiger partial charge in [-0.15, -0.1) is 0 Å². The summed E-state index contributed by atoms with van der Waals surface area (Å²) < 4.78 is 39.2. The highest BCUT2D eigenvalue weighted by Crippen LogP contribution is 2.33. The fourth-order valence-electron chi connectivity index (χ4n) is 2.28. The summed E-state index contributed by atoms with van der Waals surface area (Å²) in [6, 6.07) is 13.7. The van der Waals surface area contributed by atoms with Crippen molar-refractivity contribution in [3.05, 3.63) is 70.4 Å². The van der Waals surface area contributed by atoms with Gasteiger partial charge in [0, 0.05) is 17.1 Å². The van der Waals surface area contributed by atoms with E-state index < -0.39 is 17.2 Å². The molecule has 0 amide bonds. The van der Waals surface area contributed by atoms with Crippen molar-refractivity contribution in [1.82, 2.24) is 4.98 Å². The van der Waals surface area contributed by atoms with Crippen LogP contribution in [-0.2, 0) is 6.18 Å². The van der Waals surface area contributed by atoms with Crippen molar-refractivity contribution in [3.63, 3.8) is 0 Å². The predicted molar refractivity (Wildman–Crippen MR) is 75.0 cm³/mol. The summed E-state index contributed by atoms with van der Waals surface area (Å²) in [6.07, 6.45) is -4.52. The highest BCUT2D eigenvalue weighted by atomic mass is 19.4. The third kappa shape index (κ3) is 2.42. The molecule has 0 saturated carbocycles. The van der Waals surface area contributed by atoms with Crippen LogP contribution >= 0.6 is 0 Å². The van der Waals surface area contributed by atoms with E-state index in [0.717, 1.165) is 6.07 Å². The van der Waals surface area contributed by atoms with Gasteiger partial charge in [0.1, 0.15) is 0 Å². The second-order valence-corrected chi connectivity index (χ2v) is 4.64. The minimum atomic E-state index is -4.52. The number of alkyl halides is 3. The van der Waals surface area contributed by atoms with E-state index in [4.69, 9.17) is 0 Å². The van der Waals surface area contributed by atoms with Crippen molar-refractivity contribution in [1.29, 1.82) is 0 Å². The van der Waals surface area contributed by atoms with Crippen LogP contribution in [0.4, 0.5) is 13.2 Å². The lowest BCUT2D eigenvalue weighted by Crippen LogP contribution is -2.10. The van der Waals surface area contributed by atoms with Crippen LogP contribution in [-0.4, -0.2) is 4.98 Å². The molecule has 0 aliphatic heterocycles. The number of aromatic amines is 1. The number of hydrogen-bond donors (Lipinski definition) is 1. The Balaban J connectivity index is 2.35. The van der Waals surface area contributed by atoms with E-state index in [9.17, 15) is 18.0 Å². The molecule has 0 radical (unpaired) electrons. The van der Waals surface area contributed by atoms with E-state index in [1.165, 1.54) is 18.2 Å². The molecule has 3 aromatic rings. The molecule has 0 bridgehead atoms. The Morgan fingerprint density at radius 1 is 0.905 bits per heavy atom. The third-order valence-corrected chi connectivity index (χ3v) is 3.26. The number of H-pyrrole nitrogens is 1. The molecular weight excluding hydrogens is 279 g/mol. The first-order chi connectivity index (χ1) is 9.97. The monoisotopic (exact) mass is 289 g/mol. The summed E-state index contributed by atoms with van der Waals surface area (Å²) in [6.45, 7) is 0. The van der Waals surface area contributed by atoms with Gasteiger partial charge in [-0.05, 0) is 17.7 Å². The van der Waals surface area contributed by atoms with Gasteiger partial charge in [0.2, 0.25) is 0 Å². The van der Waals surface area contributed by atoms with Crippen LogP contribution in [0.1, 0.15) is 5.56 Å². The molecule has 21 heavy (non-hydrogen) atoms. The van der Waals surface area contributed by atoms with E-state index in [0.29, 0.717) is 11.3 Å². The van der Waals surface area contributed by atoms with Gasteiger partial charge in [-0.3, -0.25) is 4.79 Å². The molecule has 0 aliphatic carbocycles. The SMILES string of the molecule is O=c1cc(-c2ccccc2)[nH]c2c(C(F)(F)F)cccc12. The lowest BCUT2D eigenvalue weighted by molar-refractivity contribution is -0.136. The number of aromatic nitrogens is 1. The average Bonchev–Trinajstić information content (AvgIpc) is 2.46. The molecule has 0 aliphatic rings. The van der Waals surface area contributed by atoms with Gasteiger partial charge >= 0.3 is 6.18 Å². The normalized spacial score (nSPS) is 11.8. The van der Waals surface area contributed by atoms with Crippen LogP contribution < -0.4 is 5.43 Å². The maximum atomic E-state index is 13.1. The maximum Gasteiger partial charge on any atom is 0.418 e. The Bertz CT molecular complexity index is 851. The molecule has 3 rings (SSSR count). The molecule has 5 heteroatoms. The van der Waals surface area contributed by atoms with E-state index in [-0.39, 0.29) is 10.9 Å². The Hall–Kier alpha value is -2.56. The molecule has 0 atom stereocenters. The van der Waals surface area contributed by atoms with Crippen molar-refractivity contribution in [2.45, 2.75) is 6.18 Å². The number of hydrogen-bond acceptors (Lipinski definition) is 1. The first-order valence-corrected chi connectivity index (χ1v) is 6.25. The number of fused-ring (bicyclic) bond motifs is 1. The molecule has 2 aromatic carbocycles. The molecule has 1 aromatic heterocycles. The molecule has 106 valence electrons. The number of pyridine rings is 1. The average molecular weight is 289 g/mol. The molecule has 0 spiro atoms. The van der Waals surface area contributed by atoms with Gasteiger partial charge in [0.15, 0.2) is 5.43 Å². The molecule has 0 unspecified atom stereocenters. The molecular formula is C16H10F3NO. The zero-order valence-corrected chi connectivity index (χ0v) is 10.7. The molecule has 0 saturated heterocycles. The first-order valence-electron chi connectivity index (χ1n) is 6.25. The second-order valence-electron chi connectivity index (χ2n) is 4.64. The Morgan fingerprint density at radius 2 is 1.62 bits per heavy atom. The highest BCUT2D eigenvalue weighted by molar-refractivity contribution is 5.84. The standard InChI is InChI=1S/C16H10F3NO/c17-16(18,19)12-8-4-7-11-14(21)9-13(20-15(11)12)10-5-2-1-3-6-10/h1-9H,(H,20,21). The molecule has 2 nitrogen and oxygen atoms in total. The first kappa shape index (κ1) is 13.4. The van der Waals surface area contributed by atoms with Crippen LogP contribution in [0.25, 0.3) is 22.2 Å². The largest absolute Gasteiger partial charge is 0.418 e. The Morgan fingerprint density at radius 3 is 2.29 bits per heavy atom. The summed E-state index contributed by atoms with van der Waals surface area (Å²) in [4.78, 5) is 14.8. The van der Waals surface area contributed by atoms with Crippen molar-refractivity contribution in [2.75, 3.05) is 0 Å². The summed E-state index contributed by atoms with van der Waals surface area (Å²) in [5.74, 6) is 0. The van der Waals surface area contributed by atoms with Gasteiger partial charge in [0.25, 0.3) is 0 Å². The Labute approximate surface area is 117 Å². The van der Waals surface area contributed by atoms with E-state index >= 15 is 0 Å². The quantitative estimate of drug-likeness (QED) is 0.715. The van der Waals surface area contributed by atoms with E-state index in [1.54, 1.807) is 30.3 Å². The summed E-state index contributed by atoms with van der Waals surface area (Å²) in [5.41, 5.74) is -0.432. The summed E-state index contributed by atoms with van der Waals surface area (Å²) in [7, 11) is 0. The van der Waals surface area contributed by atoms with Gasteiger partial charge in [-0.25, -0.2) is 0 Å². The number of benzene rings is 2. The number of halogens is 3. The smallest absolute Gasteiger partial charge is 0.354 e. The Kier molecular flexibility index (Phi) is 3.05. The number of para-hydroxylation sites is 1. The van der Waals surface area contributed by atoms with Crippen LogP contribution in [0.2, 0.25) is 0 Å². The van der Waals surface area contributed by atoms with Crippen molar-refractivity contribution in [3.8, 4) is 11.3 Å². The lowest BCUT2D eigenvalue weighted by atomic mass is 10.1. The van der Waals surface area contributed by atoms with Crippen LogP contribution in [0, 0.1) is 0 Å². The molecule has 1 N–H and O–H groups in total. The highest BCUT2D eigenvalue weighted by Gasteiger charge is 2.33. The van der Waals surface area contributed by atoms with Crippen LogP contribution in [0.15, 0.2) is 59.4 Å². The molecule has 1 heterocycles. The van der Waals surface area contributed by atoms with E-state index in [1.807, 2.05) is 0 Å². The van der Waals surface area contributed by atoms with Crippen molar-refractivity contribution >= 4 is 10.9 Å². The summed E-state index contributed by atoms with van der Waals surface area (Å²) >= 11 is 0. The second kappa shape index (κ2) is 4.77. The fraction of sp³-hybridized carbons (Fsp3) is 0.0625. The van der Waals surface area contributed by atoms with Gasteiger partial charge in [-0.1, -0.05) is 36.4 Å². The van der Waals surface area contributed by atoms with E-state index in [2.05, 4.69) is 4.98 Å². The van der Waals surface area contributed by atoms with Crippen molar-refractivity contribution < 1.29 is 13.2 Å². The fourth-order valence-corrected chi connectivity index (χ4v) is 2.28. The third-order valence-electron chi connectivity index (χ3n) is 3.26. The minimum absolute atomic E-state index is 0.0320. The summed E-state index contributed by atoms with van der Waals surface area (Å²) in [5, 5.41) is 0.0320. The topological polar surface area (TPSA) is 32.9 Å². The van der Waals surface area contributed by atoms with Gasteiger partial charge in [0.05, 0.1) is 11.1 Å². The van der Waals surface area contributed by atoms with Gasteiger partial charge < -0.3 is 4.98 Å². The lowest BCUT2D eigenvalue weighted by Gasteiger charge is -2.11. The van der Waals surface area contributed by atoms with Crippen molar-refractivity contribution in [2.24, 2.45) is 0 Å².